The molecule has 0 spiro atoms. The van der Waals surface area contributed by atoms with E-state index in [9.17, 15) is 9.59 Å². The van der Waals surface area contributed by atoms with E-state index in [1.54, 1.807) is 25.0 Å². The molecule has 1 aliphatic heterocycles. The highest BCUT2D eigenvalue weighted by Crippen LogP contribution is 2.30. The first-order chi connectivity index (χ1) is 12.9. The third kappa shape index (κ3) is 6.20. The van der Waals surface area contributed by atoms with Gasteiger partial charge in [-0.05, 0) is 38.3 Å². The Kier molecular flexibility index (Phi) is 8.03. The van der Waals surface area contributed by atoms with Gasteiger partial charge in [0, 0.05) is 43.2 Å². The van der Waals surface area contributed by atoms with Crippen LogP contribution in [0.5, 0.6) is 5.75 Å². The lowest BCUT2D eigenvalue weighted by Crippen LogP contribution is -2.46. The van der Waals surface area contributed by atoms with E-state index in [-0.39, 0.29) is 18.0 Å². The number of methoxy groups -OCH3 is 1. The highest BCUT2D eigenvalue weighted by atomic mass is 35.5. The summed E-state index contributed by atoms with van der Waals surface area (Å²) in [7, 11) is 1.58. The number of rotatable bonds is 7. The van der Waals surface area contributed by atoms with E-state index in [1.807, 2.05) is 13.0 Å². The van der Waals surface area contributed by atoms with Gasteiger partial charge in [-0.3, -0.25) is 4.79 Å². The molecule has 7 nitrogen and oxygen atoms in total. The van der Waals surface area contributed by atoms with Crippen LogP contribution in [-0.2, 0) is 9.53 Å². The number of hydrogen-bond acceptors (Lipinski definition) is 5. The quantitative estimate of drug-likeness (QED) is 0.738. The molecular formula is C19H28ClN3O4. The Balaban J connectivity index is 1.73. The van der Waals surface area contributed by atoms with Gasteiger partial charge in [0.2, 0.25) is 5.91 Å². The number of ether oxygens (including phenoxy) is 2. The van der Waals surface area contributed by atoms with Gasteiger partial charge in [0.15, 0.2) is 0 Å². The Bertz CT molecular complexity index is 661. The fourth-order valence-electron chi connectivity index (χ4n) is 3.00. The molecule has 0 radical (unpaired) electrons. The lowest BCUT2D eigenvalue weighted by molar-refractivity contribution is -0.121. The van der Waals surface area contributed by atoms with Gasteiger partial charge in [-0.25, -0.2) is 4.79 Å². The van der Waals surface area contributed by atoms with Crippen molar-refractivity contribution in [3.8, 4) is 5.75 Å². The third-order valence-corrected chi connectivity index (χ3v) is 4.94. The zero-order valence-electron chi connectivity index (χ0n) is 16.1. The highest BCUT2D eigenvalue weighted by molar-refractivity contribution is 6.31. The fourth-order valence-corrected chi connectivity index (χ4v) is 3.16. The summed E-state index contributed by atoms with van der Waals surface area (Å²) in [5.41, 5.74) is 1.76. The van der Waals surface area contributed by atoms with Crippen molar-refractivity contribution in [2.45, 2.75) is 39.2 Å². The van der Waals surface area contributed by atoms with Crippen LogP contribution in [-0.4, -0.2) is 56.3 Å². The molecule has 2 N–H and O–H groups in total. The Morgan fingerprint density at radius 1 is 1.30 bits per heavy atom. The maximum atomic E-state index is 12.2. The largest absolute Gasteiger partial charge is 0.495 e. The number of amides is 2. The summed E-state index contributed by atoms with van der Waals surface area (Å²) >= 11 is 6.10. The third-order valence-electron chi connectivity index (χ3n) is 4.53. The Morgan fingerprint density at radius 2 is 2.00 bits per heavy atom. The molecule has 0 aliphatic carbocycles. The molecule has 0 bridgehead atoms. The number of carbonyl (C=O) groups excluding carboxylic acids is 2. The Labute approximate surface area is 165 Å². The zero-order valence-corrected chi connectivity index (χ0v) is 16.9. The Morgan fingerprint density at radius 3 is 2.63 bits per heavy atom. The van der Waals surface area contributed by atoms with Gasteiger partial charge in [0.1, 0.15) is 5.75 Å². The first-order valence-electron chi connectivity index (χ1n) is 9.23. The lowest BCUT2D eigenvalue weighted by atomic mass is 10.1. The minimum absolute atomic E-state index is 0.0123. The normalized spacial score (nSPS) is 14.6. The average Bonchev–Trinajstić information content (AvgIpc) is 2.65. The minimum atomic E-state index is -0.279. The number of piperidine rings is 1. The molecule has 1 saturated heterocycles. The first kappa shape index (κ1) is 21.2. The van der Waals surface area contributed by atoms with E-state index in [4.69, 9.17) is 21.1 Å². The number of hydrogen-bond donors (Lipinski definition) is 2. The summed E-state index contributed by atoms with van der Waals surface area (Å²) in [5, 5.41) is 6.90. The van der Waals surface area contributed by atoms with Gasteiger partial charge < -0.3 is 25.0 Å². The van der Waals surface area contributed by atoms with Gasteiger partial charge >= 0.3 is 6.09 Å². The van der Waals surface area contributed by atoms with Gasteiger partial charge in [-0.15, -0.1) is 0 Å². The highest BCUT2D eigenvalue weighted by Gasteiger charge is 2.24. The maximum absolute atomic E-state index is 12.2. The molecule has 1 heterocycles. The van der Waals surface area contributed by atoms with Crippen LogP contribution in [0.4, 0.5) is 10.5 Å². The van der Waals surface area contributed by atoms with E-state index in [1.165, 1.54) is 0 Å². The second-order valence-corrected chi connectivity index (χ2v) is 6.91. The molecule has 0 saturated carbocycles. The lowest BCUT2D eigenvalue weighted by Gasteiger charge is -2.31. The number of nitrogens with one attached hydrogen (secondary N) is 2. The SMILES string of the molecule is CCOC(=O)N1CCC(NC(=O)CCNc2cc(C)c(Cl)cc2OC)CC1. The van der Waals surface area contributed by atoms with Crippen molar-refractivity contribution >= 4 is 29.3 Å². The van der Waals surface area contributed by atoms with Gasteiger partial charge in [-0.2, -0.15) is 0 Å². The summed E-state index contributed by atoms with van der Waals surface area (Å²) < 4.78 is 10.3. The van der Waals surface area contributed by atoms with Crippen LogP contribution in [0.25, 0.3) is 0 Å². The summed E-state index contributed by atoms with van der Waals surface area (Å²) in [4.78, 5) is 25.6. The van der Waals surface area contributed by atoms with Crippen LogP contribution in [0, 0.1) is 6.92 Å². The number of aryl methyl sites for hydroxylation is 1. The van der Waals surface area contributed by atoms with E-state index in [0.717, 1.165) is 24.1 Å². The predicted octanol–water partition coefficient (Wildman–Crippen LogP) is 3.20. The van der Waals surface area contributed by atoms with E-state index in [2.05, 4.69) is 10.6 Å². The number of nitrogens with zero attached hydrogens (tertiary/aromatic N) is 1. The van der Waals surface area contributed by atoms with Crippen molar-refractivity contribution in [1.29, 1.82) is 0 Å². The average molecular weight is 398 g/mol. The van der Waals surface area contributed by atoms with Gasteiger partial charge in [0.25, 0.3) is 0 Å². The molecular weight excluding hydrogens is 370 g/mol. The van der Waals surface area contributed by atoms with Crippen molar-refractivity contribution in [2.75, 3.05) is 38.7 Å². The standard InChI is InChI=1S/C19H28ClN3O4/c1-4-27-19(25)23-9-6-14(7-10-23)22-18(24)5-8-21-16-11-13(2)15(20)12-17(16)26-3/h11-12,14,21H,4-10H2,1-3H3,(H,22,24). The predicted molar refractivity (Wildman–Crippen MR) is 106 cm³/mol. The summed E-state index contributed by atoms with van der Waals surface area (Å²) in [6.07, 6.45) is 1.55. The molecule has 150 valence electrons. The van der Waals surface area contributed by atoms with E-state index >= 15 is 0 Å². The number of carbonyl (C=O) groups is 2. The number of likely N-dealkylation sites (tertiary alicyclic amines) is 1. The van der Waals surface area contributed by atoms with Crippen LogP contribution in [0.1, 0.15) is 31.7 Å². The number of benzene rings is 1. The van der Waals surface area contributed by atoms with E-state index < -0.39 is 0 Å². The zero-order chi connectivity index (χ0) is 19.8. The van der Waals surface area contributed by atoms with Crippen LogP contribution < -0.4 is 15.4 Å². The van der Waals surface area contributed by atoms with Crippen molar-refractivity contribution < 1.29 is 19.1 Å². The smallest absolute Gasteiger partial charge is 0.409 e. The summed E-state index contributed by atoms with van der Waals surface area (Å²) in [6.45, 7) is 5.78. The van der Waals surface area contributed by atoms with Crippen molar-refractivity contribution in [3.63, 3.8) is 0 Å². The second-order valence-electron chi connectivity index (χ2n) is 6.51. The first-order valence-corrected chi connectivity index (χ1v) is 9.61. The molecule has 1 aromatic carbocycles. The van der Waals surface area contributed by atoms with Crippen LogP contribution in [0.2, 0.25) is 5.02 Å². The Hall–Kier alpha value is -2.15. The molecule has 2 rings (SSSR count). The molecule has 8 heteroatoms. The number of anilines is 1. The molecule has 0 unspecified atom stereocenters. The van der Waals surface area contributed by atoms with Gasteiger partial charge in [0.05, 0.1) is 19.4 Å². The minimum Gasteiger partial charge on any atom is -0.495 e. The fraction of sp³-hybridized carbons (Fsp3) is 0.579. The monoisotopic (exact) mass is 397 g/mol. The van der Waals surface area contributed by atoms with Crippen molar-refractivity contribution in [3.05, 3.63) is 22.7 Å². The van der Waals surface area contributed by atoms with Crippen LogP contribution in [0.3, 0.4) is 0 Å². The maximum Gasteiger partial charge on any atom is 0.409 e. The summed E-state index contributed by atoms with van der Waals surface area (Å²) in [5.74, 6) is 0.638. The molecule has 1 aliphatic rings. The van der Waals surface area contributed by atoms with Crippen molar-refractivity contribution in [1.82, 2.24) is 10.2 Å². The topological polar surface area (TPSA) is 79.9 Å². The van der Waals surface area contributed by atoms with Crippen LogP contribution in [0.15, 0.2) is 12.1 Å². The number of halogens is 1. The molecule has 1 aromatic rings. The molecule has 27 heavy (non-hydrogen) atoms. The van der Waals surface area contributed by atoms with Gasteiger partial charge in [-0.1, -0.05) is 11.6 Å². The molecule has 2 amide bonds. The second kappa shape index (κ2) is 10.3. The van der Waals surface area contributed by atoms with Crippen LogP contribution >= 0.6 is 11.6 Å². The summed E-state index contributed by atoms with van der Waals surface area (Å²) in [6, 6.07) is 3.76. The van der Waals surface area contributed by atoms with E-state index in [0.29, 0.717) is 43.4 Å². The molecule has 0 aromatic heterocycles. The molecule has 0 atom stereocenters. The van der Waals surface area contributed by atoms with Crippen molar-refractivity contribution in [2.24, 2.45) is 0 Å². The molecule has 1 fully saturated rings.